The average molecular weight is 253 g/mol. The second kappa shape index (κ2) is 4.90. The first-order valence-electron chi connectivity index (χ1n) is 6.92. The van der Waals surface area contributed by atoms with Gasteiger partial charge in [-0.1, -0.05) is 6.42 Å². The van der Waals surface area contributed by atoms with Crippen LogP contribution in [0.1, 0.15) is 59.3 Å². The molecule has 0 bridgehead atoms. The first-order chi connectivity index (χ1) is 8.38. The summed E-state index contributed by atoms with van der Waals surface area (Å²) >= 11 is 0. The highest BCUT2D eigenvalue weighted by atomic mass is 16.6. The Labute approximate surface area is 109 Å². The predicted octanol–water partition coefficient (Wildman–Crippen LogP) is 2.26. The van der Waals surface area contributed by atoms with Gasteiger partial charge in [0.1, 0.15) is 11.6 Å². The molecule has 1 amide bonds. The summed E-state index contributed by atoms with van der Waals surface area (Å²) in [7, 11) is 0. The number of hydrogen-bond acceptors (Lipinski definition) is 3. The Balaban J connectivity index is 2.09. The Morgan fingerprint density at radius 3 is 2.61 bits per heavy atom. The predicted molar refractivity (Wildman–Crippen MR) is 68.0 cm³/mol. The van der Waals surface area contributed by atoms with E-state index in [1.807, 2.05) is 20.8 Å². The molecule has 0 radical (unpaired) electrons. The molecule has 2 heterocycles. The Bertz CT molecular complexity index is 345. The van der Waals surface area contributed by atoms with Gasteiger partial charge in [-0.2, -0.15) is 0 Å². The van der Waals surface area contributed by atoms with E-state index in [2.05, 4.69) is 0 Å². The SMILES string of the molecule is CC(C)(C)OC(=O)[C@@H]1CC[C@@H]2CCCCC(=O)N21. The van der Waals surface area contributed by atoms with Crippen molar-refractivity contribution in [1.82, 2.24) is 4.90 Å². The van der Waals surface area contributed by atoms with E-state index in [0.29, 0.717) is 6.42 Å². The highest BCUT2D eigenvalue weighted by Crippen LogP contribution is 2.32. The molecule has 2 saturated heterocycles. The minimum atomic E-state index is -0.482. The Hall–Kier alpha value is -1.06. The first kappa shape index (κ1) is 13.4. The van der Waals surface area contributed by atoms with E-state index < -0.39 is 5.60 Å². The number of ether oxygens (including phenoxy) is 1. The lowest BCUT2D eigenvalue weighted by Crippen LogP contribution is -2.46. The summed E-state index contributed by atoms with van der Waals surface area (Å²) in [4.78, 5) is 26.1. The summed E-state index contributed by atoms with van der Waals surface area (Å²) in [5.74, 6) is -0.105. The van der Waals surface area contributed by atoms with Gasteiger partial charge in [-0.15, -0.1) is 0 Å². The van der Waals surface area contributed by atoms with Crippen molar-refractivity contribution in [1.29, 1.82) is 0 Å². The lowest BCUT2D eigenvalue weighted by atomic mass is 10.1. The molecule has 0 spiro atoms. The van der Waals surface area contributed by atoms with Crippen LogP contribution in [0.15, 0.2) is 0 Å². The molecule has 2 rings (SSSR count). The van der Waals surface area contributed by atoms with Crippen LogP contribution in [0.5, 0.6) is 0 Å². The lowest BCUT2D eigenvalue weighted by Gasteiger charge is -2.30. The molecule has 0 saturated carbocycles. The van der Waals surface area contributed by atoms with Gasteiger partial charge in [0.2, 0.25) is 5.91 Å². The minimum absolute atomic E-state index is 0.130. The van der Waals surface area contributed by atoms with E-state index in [1.54, 1.807) is 4.90 Å². The van der Waals surface area contributed by atoms with E-state index in [4.69, 9.17) is 4.74 Å². The summed E-state index contributed by atoms with van der Waals surface area (Å²) in [6.07, 6.45) is 5.35. The fourth-order valence-corrected chi connectivity index (χ4v) is 2.93. The van der Waals surface area contributed by atoms with Gasteiger partial charge >= 0.3 is 5.97 Å². The first-order valence-corrected chi connectivity index (χ1v) is 6.92. The van der Waals surface area contributed by atoms with Gasteiger partial charge < -0.3 is 9.64 Å². The Morgan fingerprint density at radius 1 is 1.22 bits per heavy atom. The number of amides is 1. The third kappa shape index (κ3) is 2.85. The quantitative estimate of drug-likeness (QED) is 0.673. The average Bonchev–Trinajstić information content (AvgIpc) is 2.57. The van der Waals surface area contributed by atoms with Crippen molar-refractivity contribution in [2.75, 3.05) is 0 Å². The van der Waals surface area contributed by atoms with Crippen LogP contribution in [0, 0.1) is 0 Å². The van der Waals surface area contributed by atoms with Gasteiger partial charge in [0.05, 0.1) is 0 Å². The van der Waals surface area contributed by atoms with Crippen molar-refractivity contribution in [3.63, 3.8) is 0 Å². The van der Waals surface area contributed by atoms with E-state index in [1.165, 1.54) is 0 Å². The second-order valence-electron chi connectivity index (χ2n) is 6.33. The molecule has 0 aromatic heterocycles. The molecular formula is C14H23NO3. The number of carbonyl (C=O) groups is 2. The molecule has 2 aliphatic heterocycles. The molecule has 2 aliphatic rings. The molecule has 0 aromatic carbocycles. The number of hydrogen-bond donors (Lipinski definition) is 0. The van der Waals surface area contributed by atoms with Crippen molar-refractivity contribution in [2.24, 2.45) is 0 Å². The summed E-state index contributed by atoms with van der Waals surface area (Å²) < 4.78 is 5.43. The number of esters is 1. The van der Waals surface area contributed by atoms with Gasteiger partial charge in [-0.05, 0) is 46.5 Å². The van der Waals surface area contributed by atoms with Gasteiger partial charge in [0.15, 0.2) is 0 Å². The molecule has 2 atom stereocenters. The summed E-state index contributed by atoms with van der Waals surface area (Å²) in [6.45, 7) is 5.59. The third-order valence-electron chi connectivity index (χ3n) is 3.65. The molecule has 0 aromatic rings. The molecule has 4 nitrogen and oxygen atoms in total. The summed E-state index contributed by atoms with van der Waals surface area (Å²) in [6, 6.07) is -0.0858. The van der Waals surface area contributed by atoms with Crippen LogP contribution in [0.2, 0.25) is 0 Å². The van der Waals surface area contributed by atoms with Crippen molar-refractivity contribution in [3.05, 3.63) is 0 Å². The summed E-state index contributed by atoms with van der Waals surface area (Å²) in [5, 5.41) is 0. The Morgan fingerprint density at radius 2 is 1.94 bits per heavy atom. The monoisotopic (exact) mass is 253 g/mol. The van der Waals surface area contributed by atoms with Crippen LogP contribution in [0.25, 0.3) is 0 Å². The fourth-order valence-electron chi connectivity index (χ4n) is 2.93. The van der Waals surface area contributed by atoms with Crippen molar-refractivity contribution < 1.29 is 14.3 Å². The normalized spacial score (nSPS) is 28.8. The second-order valence-corrected chi connectivity index (χ2v) is 6.33. The zero-order valence-electron chi connectivity index (χ0n) is 11.6. The van der Waals surface area contributed by atoms with E-state index in [9.17, 15) is 9.59 Å². The molecule has 18 heavy (non-hydrogen) atoms. The van der Waals surface area contributed by atoms with Crippen LogP contribution in [0.4, 0.5) is 0 Å². The largest absolute Gasteiger partial charge is 0.458 e. The number of carbonyl (C=O) groups excluding carboxylic acids is 2. The van der Waals surface area contributed by atoms with Gasteiger partial charge in [0.25, 0.3) is 0 Å². The summed E-state index contributed by atoms with van der Waals surface area (Å²) in [5.41, 5.74) is -0.482. The van der Waals surface area contributed by atoms with Crippen molar-refractivity contribution in [3.8, 4) is 0 Å². The number of rotatable bonds is 1. The zero-order valence-corrected chi connectivity index (χ0v) is 11.6. The fraction of sp³-hybridized carbons (Fsp3) is 0.857. The van der Waals surface area contributed by atoms with Crippen LogP contribution < -0.4 is 0 Å². The van der Waals surface area contributed by atoms with Crippen LogP contribution in [0.3, 0.4) is 0 Å². The molecular weight excluding hydrogens is 230 g/mol. The zero-order chi connectivity index (χ0) is 13.3. The maximum absolute atomic E-state index is 12.2. The van der Waals surface area contributed by atoms with Crippen LogP contribution >= 0.6 is 0 Å². The number of nitrogens with zero attached hydrogens (tertiary/aromatic N) is 1. The maximum Gasteiger partial charge on any atom is 0.329 e. The minimum Gasteiger partial charge on any atom is -0.458 e. The van der Waals surface area contributed by atoms with Gasteiger partial charge in [-0.3, -0.25) is 4.79 Å². The lowest BCUT2D eigenvalue weighted by molar-refractivity contribution is -0.164. The molecule has 0 N–H and O–H groups in total. The molecule has 2 fully saturated rings. The standard InChI is InChI=1S/C14H23NO3/c1-14(2,3)18-13(17)11-9-8-10-6-4-5-7-12(16)15(10)11/h10-11H,4-9H2,1-3H3/t10-,11-/m0/s1. The molecule has 4 heteroatoms. The van der Waals surface area contributed by atoms with E-state index >= 15 is 0 Å². The highest BCUT2D eigenvalue weighted by molar-refractivity contribution is 5.85. The third-order valence-corrected chi connectivity index (χ3v) is 3.65. The van der Waals surface area contributed by atoms with Crippen molar-refractivity contribution in [2.45, 2.75) is 77.0 Å². The van der Waals surface area contributed by atoms with E-state index in [-0.39, 0.29) is 24.0 Å². The van der Waals surface area contributed by atoms with Gasteiger partial charge in [0, 0.05) is 12.5 Å². The smallest absolute Gasteiger partial charge is 0.329 e. The number of fused-ring (bicyclic) bond motifs is 1. The highest BCUT2D eigenvalue weighted by Gasteiger charge is 2.42. The van der Waals surface area contributed by atoms with Crippen LogP contribution in [-0.2, 0) is 14.3 Å². The maximum atomic E-state index is 12.2. The molecule has 0 aliphatic carbocycles. The topological polar surface area (TPSA) is 46.6 Å². The Kier molecular flexibility index (Phi) is 3.64. The van der Waals surface area contributed by atoms with Gasteiger partial charge in [-0.25, -0.2) is 4.79 Å². The van der Waals surface area contributed by atoms with Crippen LogP contribution in [-0.4, -0.2) is 34.5 Å². The van der Waals surface area contributed by atoms with Crippen molar-refractivity contribution >= 4 is 11.9 Å². The van der Waals surface area contributed by atoms with E-state index in [0.717, 1.165) is 32.1 Å². The molecule has 102 valence electrons. The molecule has 0 unspecified atom stereocenters.